The summed E-state index contributed by atoms with van der Waals surface area (Å²) in [6.45, 7) is 0. The van der Waals surface area contributed by atoms with Gasteiger partial charge in [-0.2, -0.15) is 4.41 Å². The molecule has 1 heterocycles. The van der Waals surface area contributed by atoms with Crippen molar-refractivity contribution >= 4 is 36.3 Å². The standard InChI is InChI=1S/C11H13N3S2/c1-15-13-9-12-14(16-2)11(13)8-10-6-4-3-5-7-10/h3-9H,1-2H3/b11-8-. The Morgan fingerprint density at radius 3 is 2.50 bits per heavy atom. The van der Waals surface area contributed by atoms with Crippen LogP contribution in [-0.4, -0.2) is 27.6 Å². The van der Waals surface area contributed by atoms with E-state index in [2.05, 4.69) is 23.3 Å². The molecule has 3 nitrogen and oxygen atoms in total. The molecule has 2 rings (SSSR count). The van der Waals surface area contributed by atoms with Gasteiger partial charge in [0.15, 0.2) is 5.82 Å². The number of rotatable bonds is 3. The number of hydrazone groups is 1. The van der Waals surface area contributed by atoms with Crippen LogP contribution in [-0.2, 0) is 0 Å². The van der Waals surface area contributed by atoms with E-state index in [-0.39, 0.29) is 0 Å². The molecule has 1 aliphatic heterocycles. The summed E-state index contributed by atoms with van der Waals surface area (Å²) < 4.78 is 3.95. The lowest BCUT2D eigenvalue weighted by molar-refractivity contribution is 0.596. The molecule has 0 aliphatic carbocycles. The zero-order valence-corrected chi connectivity index (χ0v) is 10.8. The van der Waals surface area contributed by atoms with Gasteiger partial charge in [-0.05, 0) is 35.5 Å². The van der Waals surface area contributed by atoms with E-state index in [0.29, 0.717) is 0 Å². The first-order valence-corrected chi connectivity index (χ1v) is 7.20. The van der Waals surface area contributed by atoms with E-state index >= 15 is 0 Å². The monoisotopic (exact) mass is 251 g/mol. The SMILES string of the molecule is CSN1C=NN(SC)/C1=C\c1ccccc1. The van der Waals surface area contributed by atoms with Crippen LogP contribution in [0.1, 0.15) is 5.56 Å². The van der Waals surface area contributed by atoms with Crippen LogP contribution in [0.15, 0.2) is 41.3 Å². The summed E-state index contributed by atoms with van der Waals surface area (Å²) in [7, 11) is 0. The zero-order chi connectivity index (χ0) is 11.4. The summed E-state index contributed by atoms with van der Waals surface area (Å²) in [6.07, 6.45) is 8.00. The van der Waals surface area contributed by atoms with Gasteiger partial charge in [0.05, 0.1) is 0 Å². The second-order valence-electron chi connectivity index (χ2n) is 3.11. The fourth-order valence-corrected chi connectivity index (χ4v) is 2.36. The van der Waals surface area contributed by atoms with Gasteiger partial charge in [-0.25, -0.2) is 0 Å². The Hall–Kier alpha value is -1.07. The highest BCUT2D eigenvalue weighted by atomic mass is 32.2. The van der Waals surface area contributed by atoms with Gasteiger partial charge in [-0.3, -0.25) is 4.31 Å². The molecular weight excluding hydrogens is 238 g/mol. The van der Waals surface area contributed by atoms with E-state index in [1.807, 2.05) is 45.8 Å². The predicted octanol–water partition coefficient (Wildman–Crippen LogP) is 3.10. The highest BCUT2D eigenvalue weighted by Crippen LogP contribution is 2.29. The molecule has 0 unspecified atom stereocenters. The van der Waals surface area contributed by atoms with Crippen LogP contribution in [0, 0.1) is 0 Å². The van der Waals surface area contributed by atoms with Crippen LogP contribution < -0.4 is 0 Å². The normalized spacial score (nSPS) is 17.5. The Morgan fingerprint density at radius 1 is 1.12 bits per heavy atom. The van der Waals surface area contributed by atoms with Gasteiger partial charge in [0.2, 0.25) is 0 Å². The van der Waals surface area contributed by atoms with Crippen LogP contribution in [0.3, 0.4) is 0 Å². The van der Waals surface area contributed by atoms with Crippen LogP contribution in [0.2, 0.25) is 0 Å². The topological polar surface area (TPSA) is 18.8 Å². The Balaban J connectivity index is 2.27. The quantitative estimate of drug-likeness (QED) is 0.768. The molecule has 84 valence electrons. The van der Waals surface area contributed by atoms with Crippen molar-refractivity contribution in [2.75, 3.05) is 12.5 Å². The fourth-order valence-electron chi connectivity index (χ4n) is 1.39. The molecule has 1 aromatic rings. The van der Waals surface area contributed by atoms with Crippen molar-refractivity contribution < 1.29 is 0 Å². The van der Waals surface area contributed by atoms with Gasteiger partial charge in [0.1, 0.15) is 6.34 Å². The molecule has 0 saturated carbocycles. The third kappa shape index (κ3) is 2.36. The summed E-state index contributed by atoms with van der Waals surface area (Å²) in [5.41, 5.74) is 1.18. The molecule has 0 atom stereocenters. The van der Waals surface area contributed by atoms with E-state index in [0.717, 1.165) is 5.82 Å². The third-order valence-electron chi connectivity index (χ3n) is 2.15. The molecule has 0 N–H and O–H groups in total. The minimum Gasteiger partial charge on any atom is -0.256 e. The van der Waals surface area contributed by atoms with E-state index in [1.54, 1.807) is 23.9 Å². The lowest BCUT2D eigenvalue weighted by Crippen LogP contribution is -2.13. The Labute approximate surface area is 104 Å². The molecule has 16 heavy (non-hydrogen) atoms. The molecule has 0 amide bonds. The Kier molecular flexibility index (Phi) is 3.79. The van der Waals surface area contributed by atoms with E-state index in [4.69, 9.17) is 0 Å². The van der Waals surface area contributed by atoms with Crippen LogP contribution in [0.5, 0.6) is 0 Å². The zero-order valence-electron chi connectivity index (χ0n) is 9.20. The minimum atomic E-state index is 1.08. The first-order chi connectivity index (χ1) is 7.85. The maximum absolute atomic E-state index is 4.29. The van der Waals surface area contributed by atoms with Gasteiger partial charge in [0.25, 0.3) is 0 Å². The van der Waals surface area contributed by atoms with Crippen molar-refractivity contribution in [3.8, 4) is 0 Å². The summed E-state index contributed by atoms with van der Waals surface area (Å²) in [4.78, 5) is 0. The van der Waals surface area contributed by atoms with Gasteiger partial charge in [-0.1, -0.05) is 30.3 Å². The molecule has 5 heteroatoms. The summed E-state index contributed by atoms with van der Waals surface area (Å²) in [6, 6.07) is 10.3. The largest absolute Gasteiger partial charge is 0.256 e. The Morgan fingerprint density at radius 2 is 1.88 bits per heavy atom. The smallest absolute Gasteiger partial charge is 0.153 e. The van der Waals surface area contributed by atoms with Crippen molar-refractivity contribution in [1.29, 1.82) is 0 Å². The summed E-state index contributed by atoms with van der Waals surface area (Å²) >= 11 is 3.23. The van der Waals surface area contributed by atoms with Gasteiger partial charge >= 0.3 is 0 Å². The van der Waals surface area contributed by atoms with Crippen LogP contribution >= 0.6 is 23.9 Å². The van der Waals surface area contributed by atoms with Crippen molar-refractivity contribution in [2.24, 2.45) is 5.10 Å². The molecule has 0 saturated heterocycles. The molecule has 0 radical (unpaired) electrons. The number of hydrogen-bond donors (Lipinski definition) is 0. The molecule has 0 spiro atoms. The second-order valence-corrected chi connectivity index (χ2v) is 4.58. The summed E-state index contributed by atoms with van der Waals surface area (Å²) in [5.74, 6) is 1.08. The second kappa shape index (κ2) is 5.32. The lowest BCUT2D eigenvalue weighted by Gasteiger charge is -2.18. The first-order valence-electron chi connectivity index (χ1n) is 4.83. The molecule has 0 fully saturated rings. The van der Waals surface area contributed by atoms with Crippen molar-refractivity contribution in [2.45, 2.75) is 0 Å². The molecule has 1 aromatic carbocycles. The van der Waals surface area contributed by atoms with Crippen molar-refractivity contribution in [3.05, 3.63) is 41.7 Å². The highest BCUT2D eigenvalue weighted by molar-refractivity contribution is 7.97. The van der Waals surface area contributed by atoms with Crippen LogP contribution in [0.25, 0.3) is 6.08 Å². The predicted molar refractivity (Wildman–Crippen MR) is 73.6 cm³/mol. The maximum atomic E-state index is 4.29. The number of nitrogens with zero attached hydrogens (tertiary/aromatic N) is 3. The van der Waals surface area contributed by atoms with E-state index in [1.165, 1.54) is 5.56 Å². The molecule has 0 aromatic heterocycles. The molecular formula is C11H13N3S2. The third-order valence-corrected chi connectivity index (χ3v) is 3.45. The van der Waals surface area contributed by atoms with Crippen molar-refractivity contribution in [3.63, 3.8) is 0 Å². The fraction of sp³-hybridized carbons (Fsp3) is 0.182. The highest BCUT2D eigenvalue weighted by Gasteiger charge is 2.20. The minimum absolute atomic E-state index is 1.08. The maximum Gasteiger partial charge on any atom is 0.153 e. The average Bonchev–Trinajstić information content (AvgIpc) is 2.72. The van der Waals surface area contributed by atoms with Gasteiger partial charge in [-0.15, -0.1) is 5.10 Å². The summed E-state index contributed by atoms with van der Waals surface area (Å²) in [5, 5.41) is 4.29. The lowest BCUT2D eigenvalue weighted by atomic mass is 10.2. The first kappa shape index (κ1) is 11.4. The Bertz CT molecular complexity index is 387. The van der Waals surface area contributed by atoms with Gasteiger partial charge in [0, 0.05) is 12.5 Å². The van der Waals surface area contributed by atoms with E-state index in [9.17, 15) is 0 Å². The molecule has 0 bridgehead atoms. The number of benzene rings is 1. The van der Waals surface area contributed by atoms with Gasteiger partial charge < -0.3 is 0 Å². The molecule has 1 aliphatic rings. The van der Waals surface area contributed by atoms with Crippen molar-refractivity contribution in [1.82, 2.24) is 8.72 Å². The average molecular weight is 251 g/mol. The van der Waals surface area contributed by atoms with E-state index < -0.39 is 0 Å². The number of hydrogen-bond acceptors (Lipinski definition) is 5. The van der Waals surface area contributed by atoms with Crippen LogP contribution in [0.4, 0.5) is 0 Å².